The summed E-state index contributed by atoms with van der Waals surface area (Å²) in [5.74, 6) is 0.937. The van der Waals surface area contributed by atoms with Crippen LogP contribution < -0.4 is 20.1 Å². The number of aryl methyl sites for hydroxylation is 1. The first kappa shape index (κ1) is 22.7. The van der Waals surface area contributed by atoms with Crippen LogP contribution in [-0.4, -0.2) is 32.5 Å². The van der Waals surface area contributed by atoms with Crippen molar-refractivity contribution in [3.05, 3.63) is 58.4 Å². The highest BCUT2D eigenvalue weighted by molar-refractivity contribution is 5.79. The molecule has 6 nitrogen and oxygen atoms in total. The topological polar surface area (TPSA) is 64.1 Å². The Balaban J connectivity index is 1.67. The predicted molar refractivity (Wildman–Crippen MR) is 111 cm³/mol. The normalized spacial score (nSPS) is 13.5. The van der Waals surface area contributed by atoms with Crippen LogP contribution in [-0.2, 0) is 24.3 Å². The van der Waals surface area contributed by atoms with Crippen molar-refractivity contribution in [3.8, 4) is 11.5 Å². The Morgan fingerprint density at radius 3 is 2.81 bits per heavy atom. The van der Waals surface area contributed by atoms with Crippen LogP contribution in [0.25, 0.3) is 0 Å². The summed E-state index contributed by atoms with van der Waals surface area (Å²) in [6, 6.07) is 7.86. The van der Waals surface area contributed by atoms with Gasteiger partial charge in [0, 0.05) is 24.2 Å². The van der Waals surface area contributed by atoms with E-state index in [1.165, 1.54) is 18.2 Å². The summed E-state index contributed by atoms with van der Waals surface area (Å²) in [6.45, 7) is 2.60. The zero-order valence-electron chi connectivity index (χ0n) is 17.5. The van der Waals surface area contributed by atoms with Crippen LogP contribution in [0.15, 0.2) is 35.3 Å². The number of rotatable bonds is 8. The highest BCUT2D eigenvalue weighted by Gasteiger charge is 2.17. The van der Waals surface area contributed by atoms with Crippen molar-refractivity contribution in [2.75, 3.05) is 19.9 Å². The van der Waals surface area contributed by atoms with E-state index in [0.717, 1.165) is 11.1 Å². The second-order valence-corrected chi connectivity index (χ2v) is 7.03. The maximum Gasteiger partial charge on any atom is 0.387 e. The third-order valence-corrected chi connectivity index (χ3v) is 4.62. The molecule has 0 radical (unpaired) electrons. The molecule has 1 aliphatic heterocycles. The Labute approximate surface area is 179 Å². The number of nitrogens with one attached hydrogen (secondary N) is 2. The number of halogens is 3. The quantitative estimate of drug-likeness (QED) is 0.485. The summed E-state index contributed by atoms with van der Waals surface area (Å²) in [5, 5.41) is 6.29. The molecule has 1 heterocycles. The summed E-state index contributed by atoms with van der Waals surface area (Å²) < 4.78 is 54.6. The number of hydrogen-bond acceptors (Lipinski definition) is 4. The lowest BCUT2D eigenvalue weighted by atomic mass is 10.1. The van der Waals surface area contributed by atoms with Crippen molar-refractivity contribution in [2.45, 2.75) is 40.0 Å². The van der Waals surface area contributed by atoms with E-state index < -0.39 is 6.61 Å². The maximum absolute atomic E-state index is 13.9. The molecule has 31 heavy (non-hydrogen) atoms. The Morgan fingerprint density at radius 2 is 2.03 bits per heavy atom. The molecule has 2 N–H and O–H groups in total. The van der Waals surface area contributed by atoms with Gasteiger partial charge >= 0.3 is 6.61 Å². The molecule has 0 unspecified atom stereocenters. The number of nitrogens with zero attached hydrogens (tertiary/aromatic N) is 1. The van der Waals surface area contributed by atoms with Crippen LogP contribution in [0.5, 0.6) is 11.5 Å². The Hall–Kier alpha value is -2.94. The summed E-state index contributed by atoms with van der Waals surface area (Å²) >= 11 is 0. The van der Waals surface area contributed by atoms with Gasteiger partial charge < -0.3 is 24.8 Å². The standard InChI is InChI=1S/C22H26F3N3O3/c1-3-26-22(28-11-16-8-14(2)4-5-19(16)31-21(24)25)27-7-6-15-9-18(23)10-17-12-29-13-30-20(15)17/h4-5,8-10,21H,3,6-7,11-13H2,1-2H3,(H2,26,27,28). The molecule has 0 saturated carbocycles. The molecule has 1 aliphatic rings. The van der Waals surface area contributed by atoms with E-state index in [2.05, 4.69) is 20.4 Å². The second kappa shape index (κ2) is 10.9. The highest BCUT2D eigenvalue weighted by Crippen LogP contribution is 2.29. The van der Waals surface area contributed by atoms with Crippen molar-refractivity contribution in [1.82, 2.24) is 10.6 Å². The lowest BCUT2D eigenvalue weighted by Gasteiger charge is -2.21. The number of ether oxygens (including phenoxy) is 3. The summed E-state index contributed by atoms with van der Waals surface area (Å²) in [5.41, 5.74) is 2.91. The number of guanidine groups is 1. The number of aliphatic imine (C=N–C) groups is 1. The smallest absolute Gasteiger partial charge is 0.387 e. The number of alkyl halides is 2. The minimum Gasteiger partial charge on any atom is -0.467 e. The van der Waals surface area contributed by atoms with Gasteiger partial charge in [0.2, 0.25) is 0 Å². The molecule has 3 rings (SSSR count). The van der Waals surface area contributed by atoms with Crippen LogP contribution in [0.2, 0.25) is 0 Å². The molecular weight excluding hydrogens is 411 g/mol. The fraction of sp³-hybridized carbons (Fsp3) is 0.409. The average molecular weight is 437 g/mol. The van der Waals surface area contributed by atoms with E-state index in [-0.39, 0.29) is 24.9 Å². The van der Waals surface area contributed by atoms with Gasteiger partial charge in [-0.25, -0.2) is 9.38 Å². The van der Waals surface area contributed by atoms with Crippen LogP contribution in [0.1, 0.15) is 29.2 Å². The lowest BCUT2D eigenvalue weighted by Crippen LogP contribution is -2.38. The lowest BCUT2D eigenvalue weighted by molar-refractivity contribution is -0.0504. The van der Waals surface area contributed by atoms with Gasteiger partial charge in [0.1, 0.15) is 17.3 Å². The third-order valence-electron chi connectivity index (χ3n) is 4.62. The van der Waals surface area contributed by atoms with E-state index in [4.69, 9.17) is 9.47 Å². The van der Waals surface area contributed by atoms with E-state index in [1.54, 1.807) is 12.1 Å². The zero-order valence-corrected chi connectivity index (χ0v) is 17.5. The van der Waals surface area contributed by atoms with Gasteiger partial charge in [0.25, 0.3) is 0 Å². The number of fused-ring (bicyclic) bond motifs is 1. The maximum atomic E-state index is 13.9. The van der Waals surface area contributed by atoms with Crippen molar-refractivity contribution in [2.24, 2.45) is 4.99 Å². The number of benzene rings is 2. The molecule has 168 valence electrons. The van der Waals surface area contributed by atoms with Gasteiger partial charge in [0.05, 0.1) is 13.2 Å². The van der Waals surface area contributed by atoms with E-state index in [9.17, 15) is 13.2 Å². The third kappa shape index (κ3) is 6.52. The molecule has 9 heteroatoms. The van der Waals surface area contributed by atoms with E-state index >= 15 is 0 Å². The monoisotopic (exact) mass is 437 g/mol. The summed E-state index contributed by atoms with van der Waals surface area (Å²) in [4.78, 5) is 4.47. The van der Waals surface area contributed by atoms with Gasteiger partial charge in [-0.05, 0) is 44.0 Å². The molecular formula is C22H26F3N3O3. The number of hydrogen-bond donors (Lipinski definition) is 2. The van der Waals surface area contributed by atoms with Crippen LogP contribution in [0.4, 0.5) is 13.2 Å². The molecule has 0 saturated heterocycles. The van der Waals surface area contributed by atoms with Gasteiger partial charge in [0.15, 0.2) is 12.8 Å². The van der Waals surface area contributed by atoms with Crippen molar-refractivity contribution >= 4 is 5.96 Å². The van der Waals surface area contributed by atoms with Gasteiger partial charge in [-0.1, -0.05) is 17.7 Å². The minimum absolute atomic E-state index is 0.103. The summed E-state index contributed by atoms with van der Waals surface area (Å²) in [6.07, 6.45) is 0.509. The van der Waals surface area contributed by atoms with Crippen molar-refractivity contribution in [1.29, 1.82) is 0 Å². The SMILES string of the molecule is CCNC(=NCc1cc(C)ccc1OC(F)F)NCCc1cc(F)cc2c1OCOC2. The molecule has 0 aromatic heterocycles. The average Bonchev–Trinajstić information content (AvgIpc) is 2.73. The van der Waals surface area contributed by atoms with Gasteiger partial charge in [-0.15, -0.1) is 0 Å². The Bertz CT molecular complexity index is 922. The predicted octanol–water partition coefficient (Wildman–Crippen LogP) is 3.90. The van der Waals surface area contributed by atoms with E-state index in [0.29, 0.717) is 49.0 Å². The van der Waals surface area contributed by atoms with Crippen LogP contribution in [0.3, 0.4) is 0 Å². The molecule has 0 fully saturated rings. The van der Waals surface area contributed by atoms with Crippen molar-refractivity contribution in [3.63, 3.8) is 0 Å². The highest BCUT2D eigenvalue weighted by atomic mass is 19.3. The molecule has 0 atom stereocenters. The largest absolute Gasteiger partial charge is 0.467 e. The Kier molecular flexibility index (Phi) is 8.00. The fourth-order valence-electron chi connectivity index (χ4n) is 3.31. The van der Waals surface area contributed by atoms with Gasteiger partial charge in [-0.3, -0.25) is 0 Å². The molecule has 0 aliphatic carbocycles. The van der Waals surface area contributed by atoms with Crippen molar-refractivity contribution < 1.29 is 27.4 Å². The first-order valence-corrected chi connectivity index (χ1v) is 10.0. The van der Waals surface area contributed by atoms with E-state index in [1.807, 2.05) is 13.8 Å². The van der Waals surface area contributed by atoms with Crippen LogP contribution in [0, 0.1) is 12.7 Å². The molecule has 2 aromatic rings. The first-order chi connectivity index (χ1) is 15.0. The zero-order chi connectivity index (χ0) is 22.2. The summed E-state index contributed by atoms with van der Waals surface area (Å²) in [7, 11) is 0. The molecule has 0 amide bonds. The molecule has 2 aromatic carbocycles. The van der Waals surface area contributed by atoms with Gasteiger partial charge in [-0.2, -0.15) is 8.78 Å². The molecule has 0 bridgehead atoms. The minimum atomic E-state index is -2.90. The second-order valence-electron chi connectivity index (χ2n) is 7.03. The fourth-order valence-corrected chi connectivity index (χ4v) is 3.31. The molecule has 0 spiro atoms. The van der Waals surface area contributed by atoms with Crippen LogP contribution >= 0.6 is 0 Å². The first-order valence-electron chi connectivity index (χ1n) is 10.0. The Morgan fingerprint density at radius 1 is 1.19 bits per heavy atom.